The van der Waals surface area contributed by atoms with Crippen molar-refractivity contribution in [2.45, 2.75) is 11.8 Å². The van der Waals surface area contributed by atoms with E-state index in [1.165, 1.54) is 15.8 Å². The van der Waals surface area contributed by atoms with Gasteiger partial charge in [0.2, 0.25) is 0 Å². The van der Waals surface area contributed by atoms with Crippen LogP contribution in [0.2, 0.25) is 0 Å². The summed E-state index contributed by atoms with van der Waals surface area (Å²) < 4.78 is 2.20. The molecular formula is C18H18N2S. The van der Waals surface area contributed by atoms with Crippen LogP contribution in [-0.2, 0) is 7.05 Å². The Bertz CT molecular complexity index is 798. The van der Waals surface area contributed by atoms with Crippen molar-refractivity contribution >= 4 is 34.1 Å². The number of nitrogens with zero attached hydrogens (tertiary/aromatic N) is 2. The van der Waals surface area contributed by atoms with Crippen molar-refractivity contribution in [3.8, 4) is 0 Å². The lowest BCUT2D eigenvalue weighted by atomic mass is 10.2. The maximum atomic E-state index is 4.75. The number of rotatable bonds is 3. The predicted molar refractivity (Wildman–Crippen MR) is 93.0 cm³/mol. The van der Waals surface area contributed by atoms with Crippen LogP contribution in [0.4, 0.5) is 5.69 Å². The molecule has 2 aromatic carbocycles. The highest BCUT2D eigenvalue weighted by atomic mass is 32.2. The molecule has 0 aliphatic rings. The van der Waals surface area contributed by atoms with Crippen molar-refractivity contribution in [1.29, 1.82) is 0 Å². The number of hydrogen-bond acceptors (Lipinski definition) is 2. The van der Waals surface area contributed by atoms with Crippen LogP contribution in [0.5, 0.6) is 0 Å². The molecule has 0 aliphatic carbocycles. The van der Waals surface area contributed by atoms with Gasteiger partial charge in [-0.05, 0) is 49.6 Å². The number of aliphatic imine (C=N–C) groups is 1. The molecule has 0 N–H and O–H groups in total. The second-order valence-electron chi connectivity index (χ2n) is 5.04. The molecule has 0 amide bonds. The number of hydrogen-bond donors (Lipinski definition) is 0. The fourth-order valence-corrected chi connectivity index (χ4v) is 2.95. The normalized spacial score (nSPS) is 12.0. The van der Waals surface area contributed by atoms with Crippen LogP contribution in [0.3, 0.4) is 0 Å². The lowest BCUT2D eigenvalue weighted by molar-refractivity contribution is 0.953. The highest BCUT2D eigenvalue weighted by molar-refractivity contribution is 7.98. The molecule has 1 heterocycles. The highest BCUT2D eigenvalue weighted by Gasteiger charge is 2.07. The van der Waals surface area contributed by atoms with Gasteiger partial charge < -0.3 is 4.57 Å². The summed E-state index contributed by atoms with van der Waals surface area (Å²) in [7, 11) is 2.09. The number of para-hydroxylation sites is 1. The van der Waals surface area contributed by atoms with Crippen LogP contribution in [0.1, 0.15) is 12.6 Å². The number of thioether (sulfide) groups is 1. The average Bonchev–Trinajstić information content (AvgIpc) is 2.86. The zero-order valence-electron chi connectivity index (χ0n) is 12.5. The van der Waals surface area contributed by atoms with E-state index < -0.39 is 0 Å². The Morgan fingerprint density at radius 3 is 2.43 bits per heavy atom. The van der Waals surface area contributed by atoms with Crippen LogP contribution in [0, 0.1) is 0 Å². The Balaban J connectivity index is 2.00. The molecular weight excluding hydrogens is 276 g/mol. The van der Waals surface area contributed by atoms with Crippen LogP contribution >= 0.6 is 11.8 Å². The number of benzene rings is 2. The molecule has 0 saturated carbocycles. The minimum atomic E-state index is 0.996. The summed E-state index contributed by atoms with van der Waals surface area (Å²) in [5.74, 6) is 0. The van der Waals surface area contributed by atoms with Gasteiger partial charge in [-0.15, -0.1) is 11.8 Å². The standard InChI is InChI=1S/C18H18N2S/c1-13(19-15-8-10-16(21-3)11-9-15)18-12-14-6-4-5-7-17(14)20(18)2/h4-12H,1-3H3. The molecule has 3 aromatic rings. The summed E-state index contributed by atoms with van der Waals surface area (Å²) in [5, 5.41) is 1.25. The monoisotopic (exact) mass is 294 g/mol. The van der Waals surface area contributed by atoms with Crippen molar-refractivity contribution in [1.82, 2.24) is 4.57 Å². The first-order valence-corrected chi connectivity index (χ1v) is 8.15. The molecule has 0 atom stereocenters. The van der Waals surface area contributed by atoms with Gasteiger partial charge >= 0.3 is 0 Å². The minimum Gasteiger partial charge on any atom is -0.343 e. The van der Waals surface area contributed by atoms with E-state index in [1.807, 2.05) is 0 Å². The van der Waals surface area contributed by atoms with E-state index in [9.17, 15) is 0 Å². The third-order valence-electron chi connectivity index (χ3n) is 3.69. The van der Waals surface area contributed by atoms with Gasteiger partial charge in [-0.25, -0.2) is 0 Å². The van der Waals surface area contributed by atoms with Gasteiger partial charge in [-0.3, -0.25) is 4.99 Å². The van der Waals surface area contributed by atoms with Crippen molar-refractivity contribution in [3.05, 3.63) is 60.3 Å². The van der Waals surface area contributed by atoms with Crippen molar-refractivity contribution < 1.29 is 0 Å². The number of aromatic nitrogens is 1. The van der Waals surface area contributed by atoms with E-state index in [4.69, 9.17) is 4.99 Å². The fourth-order valence-electron chi connectivity index (χ4n) is 2.54. The Morgan fingerprint density at radius 1 is 1.05 bits per heavy atom. The number of aryl methyl sites for hydroxylation is 1. The maximum Gasteiger partial charge on any atom is 0.0634 e. The molecule has 0 bridgehead atoms. The number of fused-ring (bicyclic) bond motifs is 1. The molecule has 2 nitrogen and oxygen atoms in total. The second kappa shape index (κ2) is 5.78. The Morgan fingerprint density at radius 2 is 1.76 bits per heavy atom. The molecule has 0 radical (unpaired) electrons. The van der Waals surface area contributed by atoms with Gasteiger partial charge in [0.15, 0.2) is 0 Å². The maximum absolute atomic E-state index is 4.75. The third kappa shape index (κ3) is 2.74. The quantitative estimate of drug-likeness (QED) is 0.488. The van der Waals surface area contributed by atoms with E-state index in [0.717, 1.165) is 17.1 Å². The highest BCUT2D eigenvalue weighted by Crippen LogP contribution is 2.22. The van der Waals surface area contributed by atoms with Crippen molar-refractivity contribution in [3.63, 3.8) is 0 Å². The first-order valence-electron chi connectivity index (χ1n) is 6.93. The third-order valence-corrected chi connectivity index (χ3v) is 4.44. The lowest BCUT2D eigenvalue weighted by Gasteiger charge is -2.04. The zero-order valence-corrected chi connectivity index (χ0v) is 13.3. The summed E-state index contributed by atoms with van der Waals surface area (Å²) in [6, 6.07) is 19.0. The van der Waals surface area contributed by atoms with Crippen LogP contribution in [0.25, 0.3) is 10.9 Å². The van der Waals surface area contributed by atoms with Crippen molar-refractivity contribution in [2.24, 2.45) is 12.0 Å². The van der Waals surface area contributed by atoms with Crippen LogP contribution < -0.4 is 0 Å². The Kier molecular flexibility index (Phi) is 3.84. The first-order chi connectivity index (χ1) is 10.2. The molecule has 0 fully saturated rings. The summed E-state index contributed by atoms with van der Waals surface area (Å²) >= 11 is 1.75. The zero-order chi connectivity index (χ0) is 14.8. The smallest absolute Gasteiger partial charge is 0.0634 e. The summed E-state index contributed by atoms with van der Waals surface area (Å²) in [4.78, 5) is 6.01. The summed E-state index contributed by atoms with van der Waals surface area (Å²) in [6.45, 7) is 2.07. The second-order valence-corrected chi connectivity index (χ2v) is 5.92. The van der Waals surface area contributed by atoms with Crippen LogP contribution in [0.15, 0.2) is 64.5 Å². The van der Waals surface area contributed by atoms with E-state index in [-0.39, 0.29) is 0 Å². The van der Waals surface area contributed by atoms with Crippen molar-refractivity contribution in [2.75, 3.05) is 6.26 Å². The van der Waals surface area contributed by atoms with Gasteiger partial charge in [0.1, 0.15) is 0 Å². The van der Waals surface area contributed by atoms with E-state index in [0.29, 0.717) is 0 Å². The van der Waals surface area contributed by atoms with Gasteiger partial charge in [0.05, 0.1) is 17.1 Å². The fraction of sp³-hybridized carbons (Fsp3) is 0.167. The largest absolute Gasteiger partial charge is 0.343 e. The van der Waals surface area contributed by atoms with E-state index in [1.54, 1.807) is 11.8 Å². The molecule has 0 spiro atoms. The first kappa shape index (κ1) is 14.0. The molecule has 21 heavy (non-hydrogen) atoms. The Hall–Kier alpha value is -2.00. The summed E-state index contributed by atoms with van der Waals surface area (Å²) in [6.07, 6.45) is 2.08. The van der Waals surface area contributed by atoms with Gasteiger partial charge in [0, 0.05) is 22.8 Å². The topological polar surface area (TPSA) is 17.3 Å². The molecule has 0 unspecified atom stereocenters. The van der Waals surface area contributed by atoms with Gasteiger partial charge in [-0.1, -0.05) is 18.2 Å². The summed E-state index contributed by atoms with van der Waals surface area (Å²) in [5.41, 5.74) is 4.42. The molecule has 0 aliphatic heterocycles. The lowest BCUT2D eigenvalue weighted by Crippen LogP contribution is -2.02. The van der Waals surface area contributed by atoms with E-state index >= 15 is 0 Å². The Labute approximate surface area is 129 Å². The molecule has 3 rings (SSSR count). The SMILES string of the molecule is CSc1ccc(N=C(C)c2cc3ccccc3n2C)cc1. The van der Waals surface area contributed by atoms with Gasteiger partial charge in [0.25, 0.3) is 0 Å². The van der Waals surface area contributed by atoms with E-state index in [2.05, 4.69) is 79.4 Å². The molecule has 0 saturated heterocycles. The predicted octanol–water partition coefficient (Wildman–Crippen LogP) is 5.04. The molecule has 3 heteroatoms. The molecule has 1 aromatic heterocycles. The van der Waals surface area contributed by atoms with Crippen LogP contribution in [-0.4, -0.2) is 16.5 Å². The average molecular weight is 294 g/mol. The van der Waals surface area contributed by atoms with Gasteiger partial charge in [-0.2, -0.15) is 0 Å². The molecule has 106 valence electrons. The minimum absolute atomic E-state index is 0.996.